The summed E-state index contributed by atoms with van der Waals surface area (Å²) in [4.78, 5) is 26.0. The van der Waals surface area contributed by atoms with Crippen molar-refractivity contribution in [3.8, 4) is 0 Å². The van der Waals surface area contributed by atoms with Crippen LogP contribution in [0.1, 0.15) is 41.5 Å². The number of hydrogen-bond acceptors (Lipinski definition) is 5. The normalized spacial score (nSPS) is 16.0. The van der Waals surface area contributed by atoms with Gasteiger partial charge in [0.25, 0.3) is 7.71 Å². The molecule has 0 saturated heterocycles. The van der Waals surface area contributed by atoms with E-state index < -0.39 is 19.3 Å². The van der Waals surface area contributed by atoms with Crippen LogP contribution in [0.3, 0.4) is 0 Å². The van der Waals surface area contributed by atoms with Gasteiger partial charge in [0.1, 0.15) is 15.1 Å². The first kappa shape index (κ1) is 28.3. The summed E-state index contributed by atoms with van der Waals surface area (Å²) in [5.74, 6) is -1.01. The third-order valence-electron chi connectivity index (χ3n) is 4.89. The zero-order valence-corrected chi connectivity index (χ0v) is 21.3. The van der Waals surface area contributed by atoms with E-state index in [9.17, 15) is 9.59 Å². The zero-order valence-electron chi connectivity index (χ0n) is 17.4. The van der Waals surface area contributed by atoms with E-state index in [4.69, 9.17) is 34.8 Å². The average molecular weight is 493 g/mol. The Hall–Kier alpha value is 0.290. The molecule has 0 spiro atoms. The van der Waals surface area contributed by atoms with Crippen LogP contribution in [-0.4, -0.2) is 64.8 Å². The number of rotatable bonds is 10. The second-order valence-corrected chi connectivity index (χ2v) is 10.3. The molecule has 0 aromatic rings. The number of ketones is 2. The largest absolute Gasteiger partial charge is 1.00 e. The maximum atomic E-state index is 13.3. The third-order valence-corrected chi connectivity index (χ3v) is 11.3. The number of nitrogens with zero attached hydrogens (tertiary/aromatic N) is 3. The first-order chi connectivity index (χ1) is 12.7. The van der Waals surface area contributed by atoms with Gasteiger partial charge in [-0.25, -0.2) is 0 Å². The molecular formula is C18H30Cl4N3O2P. The molecule has 0 radical (unpaired) electrons. The molecular weight excluding hydrogens is 463 g/mol. The molecule has 1 aliphatic rings. The highest BCUT2D eigenvalue weighted by Gasteiger charge is 2.62. The van der Waals surface area contributed by atoms with Crippen molar-refractivity contribution >= 4 is 54.1 Å². The van der Waals surface area contributed by atoms with Gasteiger partial charge in [-0.1, -0.05) is 34.8 Å². The number of halogens is 4. The van der Waals surface area contributed by atoms with E-state index in [0.29, 0.717) is 44.6 Å². The van der Waals surface area contributed by atoms with Gasteiger partial charge in [0.15, 0.2) is 0 Å². The molecule has 0 atom stereocenters. The minimum absolute atomic E-state index is 0. The molecule has 0 unspecified atom stereocenters. The number of allylic oxidation sites excluding steroid dienone is 4. The van der Waals surface area contributed by atoms with E-state index in [1.165, 1.54) is 0 Å². The van der Waals surface area contributed by atoms with Gasteiger partial charge in [0, 0.05) is 39.3 Å². The summed E-state index contributed by atoms with van der Waals surface area (Å²) in [5.41, 5.74) is 0. The molecule has 5 nitrogen and oxygen atoms in total. The molecule has 0 bridgehead atoms. The first-order valence-corrected chi connectivity index (χ1v) is 12.2. The van der Waals surface area contributed by atoms with E-state index in [0.717, 1.165) is 0 Å². The Labute approximate surface area is 190 Å². The Morgan fingerprint density at radius 1 is 0.607 bits per heavy atom. The van der Waals surface area contributed by atoms with Gasteiger partial charge in [-0.15, -0.1) is 14.0 Å². The van der Waals surface area contributed by atoms with E-state index in [1.54, 1.807) is 0 Å². The molecule has 0 fully saturated rings. The van der Waals surface area contributed by atoms with Crippen molar-refractivity contribution in [2.24, 2.45) is 0 Å². The molecule has 0 aromatic carbocycles. The molecule has 1 rings (SSSR count). The van der Waals surface area contributed by atoms with Crippen LogP contribution in [0.15, 0.2) is 20.4 Å². The second kappa shape index (κ2) is 12.2. The Balaban J connectivity index is 0.00000729. The summed E-state index contributed by atoms with van der Waals surface area (Å²) in [5, 5.41) is -0.336. The van der Waals surface area contributed by atoms with Crippen molar-refractivity contribution in [3.63, 3.8) is 0 Å². The van der Waals surface area contributed by atoms with Crippen molar-refractivity contribution in [3.05, 3.63) is 20.4 Å². The number of carbonyl (C=O) groups is 2. The minimum atomic E-state index is -2.62. The lowest BCUT2D eigenvalue weighted by molar-refractivity contribution is -0.115. The Morgan fingerprint density at radius 2 is 0.893 bits per heavy atom. The fraction of sp³-hybridized carbons (Fsp3) is 0.667. The number of hydrogen-bond donors (Lipinski definition) is 0. The minimum Gasteiger partial charge on any atom is -1.00 e. The van der Waals surface area contributed by atoms with Gasteiger partial charge >= 0.3 is 0 Å². The highest BCUT2D eigenvalue weighted by molar-refractivity contribution is 7.74. The Morgan fingerprint density at radius 3 is 1.18 bits per heavy atom. The van der Waals surface area contributed by atoms with E-state index in [2.05, 4.69) is 55.6 Å². The summed E-state index contributed by atoms with van der Waals surface area (Å²) in [6.07, 6.45) is 0. The van der Waals surface area contributed by atoms with Crippen LogP contribution in [-0.2, 0) is 9.59 Å². The fourth-order valence-corrected chi connectivity index (χ4v) is 9.72. The van der Waals surface area contributed by atoms with Crippen molar-refractivity contribution in [1.29, 1.82) is 0 Å². The van der Waals surface area contributed by atoms with Crippen LogP contribution in [0, 0.1) is 0 Å². The summed E-state index contributed by atoms with van der Waals surface area (Å²) in [6.45, 7) is 16.6. The molecule has 0 heterocycles. The lowest BCUT2D eigenvalue weighted by atomic mass is 10.1. The third kappa shape index (κ3) is 4.63. The fourth-order valence-electron chi connectivity index (χ4n) is 3.69. The highest BCUT2D eigenvalue weighted by atomic mass is 35.5. The number of carbonyl (C=O) groups excluding carboxylic acids is 2. The molecule has 0 aromatic heterocycles. The maximum absolute atomic E-state index is 13.3. The zero-order chi connectivity index (χ0) is 20.9. The van der Waals surface area contributed by atoms with Crippen molar-refractivity contribution < 1.29 is 22.0 Å². The van der Waals surface area contributed by atoms with Gasteiger partial charge in [-0.05, 0) is 41.5 Å². The molecule has 0 N–H and O–H groups in total. The molecule has 1 aliphatic carbocycles. The van der Waals surface area contributed by atoms with Crippen LogP contribution in [0.2, 0.25) is 0 Å². The molecule has 0 aliphatic heterocycles. The summed E-state index contributed by atoms with van der Waals surface area (Å²) >= 11 is 18.7. The van der Waals surface area contributed by atoms with Crippen molar-refractivity contribution in [2.45, 2.75) is 41.5 Å². The van der Waals surface area contributed by atoms with Gasteiger partial charge < -0.3 is 12.4 Å². The molecule has 162 valence electrons. The van der Waals surface area contributed by atoms with Crippen molar-refractivity contribution in [1.82, 2.24) is 14.0 Å². The smallest absolute Gasteiger partial charge is 0.267 e. The summed E-state index contributed by atoms with van der Waals surface area (Å²) in [6, 6.07) is 0. The maximum Gasteiger partial charge on any atom is 0.267 e. The predicted molar refractivity (Wildman–Crippen MR) is 117 cm³/mol. The van der Waals surface area contributed by atoms with Crippen LogP contribution >= 0.6 is 42.5 Å². The van der Waals surface area contributed by atoms with Gasteiger partial charge in [0.05, 0.1) is 0 Å². The van der Waals surface area contributed by atoms with E-state index >= 15 is 0 Å². The Bertz CT molecular complexity index is 611. The van der Waals surface area contributed by atoms with Gasteiger partial charge in [0.2, 0.25) is 16.9 Å². The molecule has 0 saturated carbocycles. The van der Waals surface area contributed by atoms with E-state index in [-0.39, 0.29) is 27.5 Å². The highest BCUT2D eigenvalue weighted by Crippen LogP contribution is 2.75. The van der Waals surface area contributed by atoms with Crippen LogP contribution in [0.5, 0.6) is 0 Å². The SMILES string of the molecule is CCN(CC)[P+](C1=C(Cl)C(=O)C(Cl)=C(Cl)C1=O)(N(CC)CC)N(CC)CC.[Cl-]. The van der Waals surface area contributed by atoms with Gasteiger partial charge in [-0.2, -0.15) is 0 Å². The van der Waals surface area contributed by atoms with Gasteiger partial charge in [-0.3, -0.25) is 9.59 Å². The van der Waals surface area contributed by atoms with Crippen LogP contribution in [0.25, 0.3) is 0 Å². The monoisotopic (exact) mass is 491 g/mol. The average Bonchev–Trinajstić information content (AvgIpc) is 2.67. The molecule has 0 amide bonds. The first-order valence-electron chi connectivity index (χ1n) is 9.44. The van der Waals surface area contributed by atoms with Crippen LogP contribution < -0.4 is 12.4 Å². The standard InChI is InChI=1S/C18H30Cl3N3O2P.ClH/c1-7-22(8-2)27(23(9-3)10-4,24(11-5)12-6)18-15(21)16(25)13(19)14(20)17(18)26;/h7-12H2,1-6H3;1H/q+1;/p-1. The Kier molecular flexibility index (Phi) is 12.3. The molecule has 28 heavy (non-hydrogen) atoms. The summed E-state index contributed by atoms with van der Waals surface area (Å²) < 4.78 is 6.79. The van der Waals surface area contributed by atoms with Crippen LogP contribution in [0.4, 0.5) is 0 Å². The van der Waals surface area contributed by atoms with Crippen molar-refractivity contribution in [2.75, 3.05) is 39.3 Å². The molecule has 10 heteroatoms. The van der Waals surface area contributed by atoms with E-state index in [1.807, 2.05) is 0 Å². The topological polar surface area (TPSA) is 43.9 Å². The predicted octanol–water partition coefficient (Wildman–Crippen LogP) is 2.07. The quantitative estimate of drug-likeness (QED) is 0.345. The lowest BCUT2D eigenvalue weighted by Crippen LogP contribution is -3.00. The summed E-state index contributed by atoms with van der Waals surface area (Å²) in [7, 11) is -2.62. The lowest BCUT2D eigenvalue weighted by Gasteiger charge is -2.47. The number of Topliss-reactive ketones (excluding diaryl/α,β-unsaturated/α-hetero) is 2. The second-order valence-electron chi connectivity index (χ2n) is 5.93.